The summed E-state index contributed by atoms with van der Waals surface area (Å²) in [5.41, 5.74) is 1.79. The second kappa shape index (κ2) is 5.64. The number of aryl methyl sites for hydroxylation is 1. The lowest BCUT2D eigenvalue weighted by atomic mass is 9.96. The molecule has 0 fully saturated rings. The third kappa shape index (κ3) is 3.18. The van der Waals surface area contributed by atoms with Gasteiger partial charge in [-0.2, -0.15) is 0 Å². The summed E-state index contributed by atoms with van der Waals surface area (Å²) in [4.78, 5) is 31.3. The molecule has 0 aliphatic heterocycles. The van der Waals surface area contributed by atoms with E-state index in [-0.39, 0.29) is 13.1 Å². The Morgan fingerprint density at radius 2 is 1.74 bits per heavy atom. The van der Waals surface area contributed by atoms with Crippen LogP contribution in [0.25, 0.3) is 0 Å². The minimum atomic E-state index is -1.08. The summed E-state index contributed by atoms with van der Waals surface area (Å²) in [6.07, 6.45) is 5.00. The number of nitrogens with zero attached hydrogens (tertiary/aromatic N) is 3. The first-order chi connectivity index (χ1) is 9.08. The van der Waals surface area contributed by atoms with E-state index in [1.165, 1.54) is 11.2 Å². The van der Waals surface area contributed by atoms with E-state index < -0.39 is 11.9 Å². The van der Waals surface area contributed by atoms with Gasteiger partial charge in [0.1, 0.15) is 25.2 Å². The third-order valence-electron chi connectivity index (χ3n) is 3.05. The maximum Gasteiger partial charge on any atom is 0.323 e. The minimum Gasteiger partial charge on any atom is -0.480 e. The Labute approximate surface area is 109 Å². The van der Waals surface area contributed by atoms with E-state index in [0.717, 1.165) is 36.9 Å². The molecule has 2 N–H and O–H groups in total. The summed E-state index contributed by atoms with van der Waals surface area (Å²) in [6, 6.07) is 0. The van der Waals surface area contributed by atoms with Crippen LogP contribution in [0.4, 0.5) is 5.82 Å². The molecule has 0 radical (unpaired) electrons. The van der Waals surface area contributed by atoms with Gasteiger partial charge in [0, 0.05) is 11.3 Å². The smallest absolute Gasteiger partial charge is 0.323 e. The van der Waals surface area contributed by atoms with Crippen molar-refractivity contribution in [1.82, 2.24) is 9.97 Å². The Balaban J connectivity index is 2.35. The summed E-state index contributed by atoms with van der Waals surface area (Å²) in [5, 5.41) is 17.8. The molecule has 0 spiro atoms. The largest absolute Gasteiger partial charge is 0.480 e. The molecule has 0 saturated carbocycles. The number of hydrogen-bond donors (Lipinski definition) is 2. The maximum absolute atomic E-state index is 10.9. The zero-order chi connectivity index (χ0) is 13.8. The molecular formula is C12H15N3O4. The SMILES string of the molecule is O=C(O)CN(CC(=O)O)c1ncnc2c1CCCC2. The Hall–Kier alpha value is -2.18. The second-order valence-electron chi connectivity index (χ2n) is 4.47. The van der Waals surface area contributed by atoms with Crippen molar-refractivity contribution in [3.05, 3.63) is 17.6 Å². The highest BCUT2D eigenvalue weighted by molar-refractivity contribution is 5.79. The molecule has 0 aromatic carbocycles. The summed E-state index contributed by atoms with van der Waals surface area (Å²) >= 11 is 0. The monoisotopic (exact) mass is 265 g/mol. The second-order valence-corrected chi connectivity index (χ2v) is 4.47. The summed E-state index contributed by atoms with van der Waals surface area (Å²) in [5.74, 6) is -1.72. The Kier molecular flexibility index (Phi) is 3.94. The number of hydrogen-bond acceptors (Lipinski definition) is 5. The molecule has 0 unspecified atom stereocenters. The first-order valence-corrected chi connectivity index (χ1v) is 6.09. The highest BCUT2D eigenvalue weighted by Gasteiger charge is 2.22. The van der Waals surface area contributed by atoms with E-state index >= 15 is 0 Å². The lowest BCUT2D eigenvalue weighted by Gasteiger charge is -2.25. The van der Waals surface area contributed by atoms with Crippen molar-refractivity contribution in [3.8, 4) is 0 Å². The molecule has 1 heterocycles. The Morgan fingerprint density at radius 3 is 2.37 bits per heavy atom. The quantitative estimate of drug-likeness (QED) is 0.790. The van der Waals surface area contributed by atoms with Gasteiger partial charge in [0.05, 0.1) is 0 Å². The van der Waals surface area contributed by atoms with Crippen LogP contribution in [0.15, 0.2) is 6.33 Å². The van der Waals surface area contributed by atoms with Crippen molar-refractivity contribution >= 4 is 17.8 Å². The molecule has 1 aromatic rings. The van der Waals surface area contributed by atoms with Gasteiger partial charge in [-0.05, 0) is 25.7 Å². The molecule has 2 rings (SSSR count). The molecule has 7 heteroatoms. The molecule has 1 aliphatic carbocycles. The van der Waals surface area contributed by atoms with Crippen LogP contribution in [-0.2, 0) is 22.4 Å². The number of rotatable bonds is 5. The van der Waals surface area contributed by atoms with E-state index in [9.17, 15) is 9.59 Å². The summed E-state index contributed by atoms with van der Waals surface area (Å²) in [6.45, 7) is -0.758. The van der Waals surface area contributed by atoms with E-state index in [1.807, 2.05) is 0 Å². The van der Waals surface area contributed by atoms with Crippen molar-refractivity contribution in [2.75, 3.05) is 18.0 Å². The highest BCUT2D eigenvalue weighted by Crippen LogP contribution is 2.26. The number of carboxylic acids is 2. The van der Waals surface area contributed by atoms with Crippen LogP contribution in [0.2, 0.25) is 0 Å². The number of aromatic nitrogens is 2. The first-order valence-electron chi connectivity index (χ1n) is 6.09. The summed E-state index contributed by atoms with van der Waals surface area (Å²) in [7, 11) is 0. The van der Waals surface area contributed by atoms with E-state index in [4.69, 9.17) is 10.2 Å². The number of anilines is 1. The van der Waals surface area contributed by atoms with E-state index in [1.54, 1.807) is 0 Å². The Bertz CT molecular complexity index is 488. The van der Waals surface area contributed by atoms with Crippen molar-refractivity contribution in [2.45, 2.75) is 25.7 Å². The van der Waals surface area contributed by atoms with Crippen molar-refractivity contribution in [3.63, 3.8) is 0 Å². The fourth-order valence-corrected chi connectivity index (χ4v) is 2.31. The summed E-state index contributed by atoms with van der Waals surface area (Å²) < 4.78 is 0. The average Bonchev–Trinajstić information content (AvgIpc) is 2.36. The van der Waals surface area contributed by atoms with Gasteiger partial charge in [-0.15, -0.1) is 0 Å². The predicted molar refractivity (Wildman–Crippen MR) is 66.2 cm³/mol. The van der Waals surface area contributed by atoms with Crippen LogP contribution in [0, 0.1) is 0 Å². The predicted octanol–water partition coefficient (Wildman–Crippen LogP) is 0.331. The molecule has 0 saturated heterocycles. The fraction of sp³-hybridized carbons (Fsp3) is 0.500. The topological polar surface area (TPSA) is 104 Å². The molecule has 1 aliphatic rings. The third-order valence-corrected chi connectivity index (χ3v) is 3.05. The van der Waals surface area contributed by atoms with Crippen molar-refractivity contribution < 1.29 is 19.8 Å². The van der Waals surface area contributed by atoms with Gasteiger partial charge in [0.2, 0.25) is 0 Å². The van der Waals surface area contributed by atoms with E-state index in [2.05, 4.69) is 9.97 Å². The lowest BCUT2D eigenvalue weighted by Crippen LogP contribution is -2.36. The van der Waals surface area contributed by atoms with Gasteiger partial charge in [-0.1, -0.05) is 0 Å². The lowest BCUT2D eigenvalue weighted by molar-refractivity contribution is -0.136. The molecule has 1 aromatic heterocycles. The number of carbonyl (C=O) groups is 2. The van der Waals surface area contributed by atoms with Crippen LogP contribution < -0.4 is 4.90 Å². The van der Waals surface area contributed by atoms with Crippen LogP contribution in [0.1, 0.15) is 24.1 Å². The molecule has 0 bridgehead atoms. The van der Waals surface area contributed by atoms with Crippen LogP contribution in [0.3, 0.4) is 0 Å². The van der Waals surface area contributed by atoms with Gasteiger partial charge in [-0.3, -0.25) is 9.59 Å². The number of aliphatic carboxylic acids is 2. The van der Waals surface area contributed by atoms with E-state index in [0.29, 0.717) is 5.82 Å². The Morgan fingerprint density at radius 1 is 1.11 bits per heavy atom. The zero-order valence-corrected chi connectivity index (χ0v) is 10.4. The standard InChI is InChI=1S/C12H15N3O4/c16-10(17)5-15(6-11(18)19)12-8-3-1-2-4-9(8)13-7-14-12/h7H,1-6H2,(H,16,17)(H,18,19). The van der Waals surface area contributed by atoms with Gasteiger partial charge >= 0.3 is 11.9 Å². The zero-order valence-electron chi connectivity index (χ0n) is 10.4. The van der Waals surface area contributed by atoms with Crippen LogP contribution in [0.5, 0.6) is 0 Å². The van der Waals surface area contributed by atoms with Crippen molar-refractivity contribution in [2.24, 2.45) is 0 Å². The first kappa shape index (κ1) is 13.3. The van der Waals surface area contributed by atoms with Crippen LogP contribution in [-0.4, -0.2) is 45.2 Å². The average molecular weight is 265 g/mol. The minimum absolute atomic E-state index is 0.379. The molecular weight excluding hydrogens is 250 g/mol. The molecule has 0 amide bonds. The van der Waals surface area contributed by atoms with Gasteiger partial charge in [0.25, 0.3) is 0 Å². The molecule has 19 heavy (non-hydrogen) atoms. The van der Waals surface area contributed by atoms with Crippen LogP contribution >= 0.6 is 0 Å². The fourth-order valence-electron chi connectivity index (χ4n) is 2.31. The molecule has 102 valence electrons. The van der Waals surface area contributed by atoms with Gasteiger partial charge in [-0.25, -0.2) is 9.97 Å². The molecule has 0 atom stereocenters. The maximum atomic E-state index is 10.9. The van der Waals surface area contributed by atoms with Gasteiger partial charge < -0.3 is 15.1 Å². The number of carboxylic acid groups (broad SMARTS) is 2. The van der Waals surface area contributed by atoms with Crippen molar-refractivity contribution in [1.29, 1.82) is 0 Å². The normalized spacial score (nSPS) is 13.7. The van der Waals surface area contributed by atoms with Gasteiger partial charge in [0.15, 0.2) is 0 Å². The highest BCUT2D eigenvalue weighted by atomic mass is 16.4. The molecule has 7 nitrogen and oxygen atoms in total. The number of fused-ring (bicyclic) bond motifs is 1.